The normalized spacial score (nSPS) is 10.5. The summed E-state index contributed by atoms with van der Waals surface area (Å²) in [6.45, 7) is -0.270. The highest BCUT2D eigenvalue weighted by molar-refractivity contribution is 14.1. The van der Waals surface area contributed by atoms with E-state index in [2.05, 4.69) is 4.98 Å². The smallest absolute Gasteiger partial charge is 0.267 e. The summed E-state index contributed by atoms with van der Waals surface area (Å²) in [5.41, 5.74) is -0.351. The molecule has 1 heterocycles. The van der Waals surface area contributed by atoms with Crippen LogP contribution in [-0.4, -0.2) is 15.3 Å². The molecule has 0 unspecified atom stereocenters. The monoisotopic (exact) mass is 376 g/mol. The summed E-state index contributed by atoms with van der Waals surface area (Å²) >= 11 is 1.80. The van der Waals surface area contributed by atoms with Crippen LogP contribution in [0.5, 0.6) is 0 Å². The van der Waals surface area contributed by atoms with Gasteiger partial charge in [0.25, 0.3) is 5.56 Å². The second kappa shape index (κ2) is 5.55. The quantitative estimate of drug-likeness (QED) is 0.609. The SMILES string of the molecule is O=C(Cn1cncc(I)c1=O)c1ccc(F)c(F)c1. The van der Waals surface area contributed by atoms with Crippen LogP contribution in [0.3, 0.4) is 0 Å². The molecule has 0 aliphatic heterocycles. The fourth-order valence-electron chi connectivity index (χ4n) is 1.45. The molecule has 0 spiro atoms. The number of hydrogen-bond donors (Lipinski definition) is 0. The minimum atomic E-state index is -1.10. The third-order valence-corrected chi connectivity index (χ3v) is 3.15. The highest BCUT2D eigenvalue weighted by atomic mass is 127. The second-order valence-electron chi connectivity index (χ2n) is 3.73. The Labute approximate surface area is 120 Å². The number of rotatable bonds is 3. The Kier molecular flexibility index (Phi) is 4.03. The molecule has 4 nitrogen and oxygen atoms in total. The lowest BCUT2D eigenvalue weighted by Crippen LogP contribution is -2.26. The molecule has 0 fully saturated rings. The lowest BCUT2D eigenvalue weighted by atomic mass is 10.1. The van der Waals surface area contributed by atoms with Gasteiger partial charge in [-0.25, -0.2) is 13.8 Å². The van der Waals surface area contributed by atoms with E-state index in [1.54, 1.807) is 22.6 Å². The molecule has 1 aromatic carbocycles. The molecule has 0 amide bonds. The van der Waals surface area contributed by atoms with Gasteiger partial charge in [-0.2, -0.15) is 0 Å². The highest BCUT2D eigenvalue weighted by Gasteiger charge is 2.12. The van der Waals surface area contributed by atoms with E-state index < -0.39 is 17.4 Å². The molecule has 0 aliphatic carbocycles. The summed E-state index contributed by atoms with van der Waals surface area (Å²) in [6.07, 6.45) is 2.60. The average Bonchev–Trinajstić information content (AvgIpc) is 2.38. The average molecular weight is 376 g/mol. The van der Waals surface area contributed by atoms with Crippen LogP contribution in [0.15, 0.2) is 35.5 Å². The van der Waals surface area contributed by atoms with Gasteiger partial charge in [-0.15, -0.1) is 0 Å². The number of Topliss-reactive ketones (excluding diaryl/α,β-unsaturated/α-hetero) is 1. The number of ketones is 1. The third-order valence-electron chi connectivity index (χ3n) is 2.41. The van der Waals surface area contributed by atoms with Gasteiger partial charge in [-0.3, -0.25) is 14.2 Å². The van der Waals surface area contributed by atoms with Crippen LogP contribution in [-0.2, 0) is 6.54 Å². The first-order chi connectivity index (χ1) is 8.99. The second-order valence-corrected chi connectivity index (χ2v) is 4.89. The fourth-order valence-corrected chi connectivity index (χ4v) is 1.92. The summed E-state index contributed by atoms with van der Waals surface area (Å²) in [7, 11) is 0. The molecule has 7 heteroatoms. The van der Waals surface area contributed by atoms with Crippen molar-refractivity contribution in [3.05, 3.63) is 61.8 Å². The number of carbonyl (C=O) groups is 1. The third kappa shape index (κ3) is 3.03. The van der Waals surface area contributed by atoms with Gasteiger partial charge >= 0.3 is 0 Å². The maximum Gasteiger partial charge on any atom is 0.267 e. The summed E-state index contributed by atoms with van der Waals surface area (Å²) in [5.74, 6) is -2.62. The van der Waals surface area contributed by atoms with Crippen molar-refractivity contribution >= 4 is 28.4 Å². The molecule has 0 radical (unpaired) electrons. The Balaban J connectivity index is 2.28. The Morgan fingerprint density at radius 2 is 2.05 bits per heavy atom. The zero-order valence-electron chi connectivity index (χ0n) is 9.44. The van der Waals surface area contributed by atoms with Crippen molar-refractivity contribution in [3.8, 4) is 0 Å². The predicted octanol–water partition coefficient (Wildman–Crippen LogP) is 2.01. The van der Waals surface area contributed by atoms with Gasteiger partial charge in [0, 0.05) is 11.8 Å². The Morgan fingerprint density at radius 3 is 2.74 bits per heavy atom. The highest BCUT2D eigenvalue weighted by Crippen LogP contribution is 2.09. The summed E-state index contributed by atoms with van der Waals surface area (Å²) in [4.78, 5) is 27.3. The maximum absolute atomic E-state index is 13.0. The van der Waals surface area contributed by atoms with Gasteiger partial charge in [0.1, 0.15) is 0 Å². The Hall–Kier alpha value is -1.64. The molecule has 0 atom stereocenters. The fraction of sp³-hybridized carbons (Fsp3) is 0.0833. The van der Waals surface area contributed by atoms with E-state index in [9.17, 15) is 18.4 Å². The van der Waals surface area contributed by atoms with Crippen molar-refractivity contribution in [1.29, 1.82) is 0 Å². The van der Waals surface area contributed by atoms with Crippen molar-refractivity contribution < 1.29 is 13.6 Å². The Bertz CT molecular complexity index is 700. The predicted molar refractivity (Wildman–Crippen MR) is 71.9 cm³/mol. The first-order valence-electron chi connectivity index (χ1n) is 5.17. The van der Waals surface area contributed by atoms with E-state index in [0.717, 1.165) is 16.7 Å². The summed E-state index contributed by atoms with van der Waals surface area (Å²) < 4.78 is 27.3. The Morgan fingerprint density at radius 1 is 1.32 bits per heavy atom. The molecule has 0 N–H and O–H groups in total. The molecular formula is C12H7F2IN2O2. The van der Waals surface area contributed by atoms with Gasteiger partial charge in [0.2, 0.25) is 0 Å². The zero-order chi connectivity index (χ0) is 14.0. The van der Waals surface area contributed by atoms with E-state index >= 15 is 0 Å². The number of hydrogen-bond acceptors (Lipinski definition) is 3. The molecule has 0 aliphatic rings. The molecule has 2 aromatic rings. The first-order valence-corrected chi connectivity index (χ1v) is 6.25. The van der Waals surface area contributed by atoms with Gasteiger partial charge in [-0.1, -0.05) is 0 Å². The van der Waals surface area contributed by atoms with Crippen molar-refractivity contribution in [1.82, 2.24) is 9.55 Å². The van der Waals surface area contributed by atoms with Crippen molar-refractivity contribution in [3.63, 3.8) is 0 Å². The minimum absolute atomic E-state index is 0.00432. The molecule has 0 saturated heterocycles. The zero-order valence-corrected chi connectivity index (χ0v) is 11.6. The molecule has 0 bridgehead atoms. The van der Waals surface area contributed by atoms with Gasteiger partial charge in [0.05, 0.1) is 16.4 Å². The largest absolute Gasteiger partial charge is 0.292 e. The number of benzene rings is 1. The standard InChI is InChI=1S/C12H7F2IN2O2/c13-8-2-1-7(3-9(8)14)11(18)5-17-6-16-4-10(15)12(17)19/h1-4,6H,5H2. The molecule has 0 saturated carbocycles. The summed E-state index contributed by atoms with van der Waals surface area (Å²) in [5, 5.41) is 0. The van der Waals surface area contributed by atoms with Crippen LogP contribution in [0.4, 0.5) is 8.78 Å². The number of nitrogens with zero attached hydrogens (tertiary/aromatic N) is 2. The van der Waals surface area contributed by atoms with Gasteiger partial charge in [0.15, 0.2) is 17.4 Å². The van der Waals surface area contributed by atoms with Gasteiger partial charge in [-0.05, 0) is 40.8 Å². The first kappa shape index (κ1) is 13.8. The van der Waals surface area contributed by atoms with Crippen molar-refractivity contribution in [2.24, 2.45) is 0 Å². The molecule has 1 aromatic heterocycles. The van der Waals surface area contributed by atoms with Crippen molar-refractivity contribution in [2.45, 2.75) is 6.54 Å². The minimum Gasteiger partial charge on any atom is -0.292 e. The summed E-state index contributed by atoms with van der Waals surface area (Å²) in [6, 6.07) is 2.86. The van der Waals surface area contributed by atoms with E-state index in [1.807, 2.05) is 0 Å². The molecule has 2 rings (SSSR count). The van der Waals surface area contributed by atoms with E-state index in [-0.39, 0.29) is 17.7 Å². The van der Waals surface area contributed by atoms with Crippen LogP contribution >= 0.6 is 22.6 Å². The lowest BCUT2D eigenvalue weighted by Gasteiger charge is -2.05. The van der Waals surface area contributed by atoms with Crippen molar-refractivity contribution in [2.75, 3.05) is 0 Å². The number of aromatic nitrogens is 2. The maximum atomic E-state index is 13.0. The van der Waals surface area contributed by atoms with Crippen LogP contribution < -0.4 is 5.56 Å². The topological polar surface area (TPSA) is 52.0 Å². The van der Waals surface area contributed by atoms with Crippen LogP contribution in [0.2, 0.25) is 0 Å². The van der Waals surface area contributed by atoms with Crippen LogP contribution in [0.25, 0.3) is 0 Å². The van der Waals surface area contributed by atoms with Crippen LogP contribution in [0, 0.1) is 15.2 Å². The number of halogens is 3. The molecular weight excluding hydrogens is 369 g/mol. The van der Waals surface area contributed by atoms with E-state index in [0.29, 0.717) is 3.57 Å². The number of carbonyl (C=O) groups excluding carboxylic acids is 1. The lowest BCUT2D eigenvalue weighted by molar-refractivity contribution is 0.0969. The van der Waals surface area contributed by atoms with E-state index in [4.69, 9.17) is 0 Å². The molecule has 98 valence electrons. The molecule has 19 heavy (non-hydrogen) atoms. The van der Waals surface area contributed by atoms with Crippen LogP contribution in [0.1, 0.15) is 10.4 Å². The van der Waals surface area contributed by atoms with Gasteiger partial charge < -0.3 is 0 Å². The van der Waals surface area contributed by atoms with E-state index in [1.165, 1.54) is 18.6 Å².